The van der Waals surface area contributed by atoms with E-state index in [1.807, 2.05) is 0 Å². The van der Waals surface area contributed by atoms with Gasteiger partial charge in [-0.15, -0.1) is 0 Å². The van der Waals surface area contributed by atoms with Crippen molar-refractivity contribution in [3.05, 3.63) is 64.5 Å². The molecule has 6 nitrogen and oxygen atoms in total. The Balaban J connectivity index is 2.25. The molecule has 2 heterocycles. The third kappa shape index (κ3) is 4.18. The lowest BCUT2D eigenvalue weighted by Gasteiger charge is -2.18. The maximum absolute atomic E-state index is 13.9. The van der Waals surface area contributed by atoms with Crippen molar-refractivity contribution in [2.75, 3.05) is 7.11 Å². The van der Waals surface area contributed by atoms with Crippen LogP contribution in [0.5, 0.6) is 17.4 Å². The Labute approximate surface area is 178 Å². The summed E-state index contributed by atoms with van der Waals surface area (Å²) in [6.45, 7) is 2.42. The van der Waals surface area contributed by atoms with Crippen LogP contribution < -0.4 is 15.2 Å². The van der Waals surface area contributed by atoms with Crippen LogP contribution in [0.1, 0.15) is 27.0 Å². The molecule has 0 atom stereocenters. The van der Waals surface area contributed by atoms with E-state index in [1.54, 1.807) is 0 Å². The lowest BCUT2D eigenvalue weighted by molar-refractivity contribution is -0.138. The number of carbonyl (C=O) groups excluding carboxylic acids is 1. The van der Waals surface area contributed by atoms with Crippen molar-refractivity contribution < 1.29 is 36.2 Å². The minimum absolute atomic E-state index is 0.0331. The van der Waals surface area contributed by atoms with E-state index in [4.69, 9.17) is 15.2 Å². The summed E-state index contributed by atoms with van der Waals surface area (Å²) in [5.74, 6) is -3.66. The summed E-state index contributed by atoms with van der Waals surface area (Å²) in [6, 6.07) is 3.14. The number of amides is 1. The average Bonchev–Trinajstić information content (AvgIpc) is 2.72. The molecule has 0 bridgehead atoms. The largest absolute Gasteiger partial charge is 0.496 e. The number of carbonyl (C=O) groups is 1. The predicted molar refractivity (Wildman–Crippen MR) is 103 cm³/mol. The highest BCUT2D eigenvalue weighted by atomic mass is 19.4. The van der Waals surface area contributed by atoms with Gasteiger partial charge in [-0.25, -0.2) is 13.8 Å². The highest BCUT2D eigenvalue weighted by molar-refractivity contribution is 5.96. The van der Waals surface area contributed by atoms with Crippen LogP contribution in [-0.4, -0.2) is 23.0 Å². The quantitative estimate of drug-likeness (QED) is 0.552. The number of hydrogen-bond acceptors (Lipinski definition) is 5. The van der Waals surface area contributed by atoms with Crippen molar-refractivity contribution in [2.24, 2.45) is 5.73 Å². The molecule has 11 heteroatoms. The molecule has 0 saturated heterocycles. The summed E-state index contributed by atoms with van der Waals surface area (Å²) in [6.07, 6.45) is -3.12. The summed E-state index contributed by atoms with van der Waals surface area (Å²) in [5.41, 5.74) is 3.37. The van der Waals surface area contributed by atoms with Crippen molar-refractivity contribution in [1.29, 1.82) is 0 Å². The Hall–Kier alpha value is -3.76. The molecule has 0 radical (unpaired) electrons. The molecule has 0 fully saturated rings. The number of ether oxygens (including phenoxy) is 2. The topological polar surface area (TPSA) is 87.3 Å². The highest BCUT2D eigenvalue weighted by Crippen LogP contribution is 2.42. The van der Waals surface area contributed by atoms with E-state index in [1.165, 1.54) is 27.0 Å². The van der Waals surface area contributed by atoms with E-state index in [-0.39, 0.29) is 45.3 Å². The molecule has 0 spiro atoms. The number of primary amides is 1. The maximum Gasteiger partial charge on any atom is 0.418 e. The molecule has 3 rings (SSSR count). The number of aromatic nitrogens is 2. The first kappa shape index (κ1) is 22.9. The predicted octanol–water partition coefficient (Wildman–Crippen LogP) is 4.96. The van der Waals surface area contributed by atoms with Crippen LogP contribution in [0.3, 0.4) is 0 Å². The second kappa shape index (κ2) is 8.40. The molecular formula is C21H16F5N3O3. The van der Waals surface area contributed by atoms with Gasteiger partial charge < -0.3 is 15.2 Å². The van der Waals surface area contributed by atoms with Crippen molar-refractivity contribution in [2.45, 2.75) is 20.0 Å². The zero-order valence-electron chi connectivity index (χ0n) is 17.0. The molecule has 168 valence electrons. The van der Waals surface area contributed by atoms with Crippen LogP contribution >= 0.6 is 0 Å². The van der Waals surface area contributed by atoms with Crippen LogP contribution in [0.4, 0.5) is 22.0 Å². The van der Waals surface area contributed by atoms with Crippen LogP contribution in [0.2, 0.25) is 0 Å². The molecule has 2 aromatic heterocycles. The standard InChI is InChI=1S/C21H16F5N3O3/c1-9-12(21(24,25)26)8-29-20(32-15-5-4-13(22)18(23)10(15)2)17(9)14-6-16(31-3)11(7-28-14)19(27)30/h4-8H,1-3H3,(H2,27,30). The van der Waals surface area contributed by atoms with Gasteiger partial charge in [0, 0.05) is 24.0 Å². The van der Waals surface area contributed by atoms with E-state index in [2.05, 4.69) is 9.97 Å². The minimum atomic E-state index is -4.74. The van der Waals surface area contributed by atoms with Crippen LogP contribution in [0.15, 0.2) is 30.6 Å². The van der Waals surface area contributed by atoms with Gasteiger partial charge in [0.1, 0.15) is 11.5 Å². The fourth-order valence-electron chi connectivity index (χ4n) is 3.02. The van der Waals surface area contributed by atoms with E-state index in [0.717, 1.165) is 18.3 Å². The van der Waals surface area contributed by atoms with Crippen molar-refractivity contribution in [3.63, 3.8) is 0 Å². The number of methoxy groups -OCH3 is 1. The van der Waals surface area contributed by atoms with Crippen LogP contribution in [0, 0.1) is 25.5 Å². The third-order valence-electron chi connectivity index (χ3n) is 4.71. The number of nitrogens with two attached hydrogens (primary N) is 1. The number of nitrogens with zero attached hydrogens (tertiary/aromatic N) is 2. The van der Waals surface area contributed by atoms with Gasteiger partial charge in [-0.3, -0.25) is 9.78 Å². The maximum atomic E-state index is 13.9. The van der Waals surface area contributed by atoms with E-state index in [0.29, 0.717) is 6.20 Å². The van der Waals surface area contributed by atoms with Crippen molar-refractivity contribution >= 4 is 5.91 Å². The van der Waals surface area contributed by atoms with Crippen LogP contribution in [0.25, 0.3) is 11.3 Å². The zero-order chi connectivity index (χ0) is 23.8. The Morgan fingerprint density at radius 2 is 1.72 bits per heavy atom. The Morgan fingerprint density at radius 3 is 2.31 bits per heavy atom. The Kier molecular flexibility index (Phi) is 6.02. The first-order valence-electron chi connectivity index (χ1n) is 8.99. The Morgan fingerprint density at radius 1 is 1.03 bits per heavy atom. The summed E-state index contributed by atoms with van der Waals surface area (Å²) < 4.78 is 78.6. The van der Waals surface area contributed by atoms with Gasteiger partial charge in [-0.05, 0) is 31.5 Å². The van der Waals surface area contributed by atoms with Gasteiger partial charge in [-0.2, -0.15) is 13.2 Å². The fraction of sp³-hybridized carbons (Fsp3) is 0.190. The summed E-state index contributed by atoms with van der Waals surface area (Å²) in [7, 11) is 1.24. The van der Waals surface area contributed by atoms with Gasteiger partial charge in [-0.1, -0.05) is 0 Å². The molecule has 3 aromatic rings. The molecule has 1 aromatic carbocycles. The fourth-order valence-corrected chi connectivity index (χ4v) is 3.02. The first-order valence-corrected chi connectivity index (χ1v) is 8.99. The SMILES string of the molecule is COc1cc(-c2c(Oc3ccc(F)c(F)c3C)ncc(C(F)(F)F)c2C)ncc1C(N)=O. The highest BCUT2D eigenvalue weighted by Gasteiger charge is 2.35. The number of rotatable bonds is 5. The van der Waals surface area contributed by atoms with E-state index in [9.17, 15) is 26.7 Å². The average molecular weight is 453 g/mol. The minimum Gasteiger partial charge on any atom is -0.496 e. The second-order valence-electron chi connectivity index (χ2n) is 6.70. The number of hydrogen-bond donors (Lipinski definition) is 1. The van der Waals surface area contributed by atoms with Gasteiger partial charge in [0.05, 0.1) is 29.5 Å². The molecule has 32 heavy (non-hydrogen) atoms. The van der Waals surface area contributed by atoms with Gasteiger partial charge in [0.15, 0.2) is 11.6 Å². The lowest BCUT2D eigenvalue weighted by Crippen LogP contribution is -2.14. The van der Waals surface area contributed by atoms with E-state index >= 15 is 0 Å². The second-order valence-corrected chi connectivity index (χ2v) is 6.70. The van der Waals surface area contributed by atoms with Crippen LogP contribution in [-0.2, 0) is 6.18 Å². The summed E-state index contributed by atoms with van der Waals surface area (Å²) in [5, 5.41) is 0. The van der Waals surface area contributed by atoms with Gasteiger partial charge in [0.25, 0.3) is 5.91 Å². The molecule has 0 aliphatic rings. The normalized spacial score (nSPS) is 11.4. The molecule has 0 saturated carbocycles. The van der Waals surface area contributed by atoms with Crippen molar-refractivity contribution in [3.8, 4) is 28.6 Å². The molecule has 2 N–H and O–H groups in total. The van der Waals surface area contributed by atoms with Gasteiger partial charge in [0.2, 0.25) is 5.88 Å². The summed E-state index contributed by atoms with van der Waals surface area (Å²) in [4.78, 5) is 19.3. The van der Waals surface area contributed by atoms with E-state index < -0.39 is 29.3 Å². The number of pyridine rings is 2. The lowest BCUT2D eigenvalue weighted by atomic mass is 10.0. The van der Waals surface area contributed by atoms with Crippen molar-refractivity contribution in [1.82, 2.24) is 9.97 Å². The molecule has 0 aliphatic carbocycles. The molecule has 0 aliphatic heterocycles. The Bertz CT molecular complexity index is 1210. The molecular weight excluding hydrogens is 437 g/mol. The zero-order valence-corrected chi connectivity index (χ0v) is 17.0. The molecule has 1 amide bonds. The smallest absolute Gasteiger partial charge is 0.418 e. The van der Waals surface area contributed by atoms with Gasteiger partial charge >= 0.3 is 6.18 Å². The third-order valence-corrected chi connectivity index (χ3v) is 4.71. The number of halogens is 5. The monoisotopic (exact) mass is 453 g/mol. The summed E-state index contributed by atoms with van der Waals surface area (Å²) >= 11 is 0. The molecule has 0 unspecified atom stereocenters. The first-order chi connectivity index (χ1) is 15.0. The number of benzene rings is 1. The number of alkyl halides is 3.